The van der Waals surface area contributed by atoms with E-state index in [1.807, 2.05) is 0 Å². The van der Waals surface area contributed by atoms with Crippen LogP contribution in [-0.2, 0) is 4.79 Å². The maximum Gasteiger partial charge on any atom is 2.00 e. The molecule has 0 aromatic rings. The van der Waals surface area contributed by atoms with Gasteiger partial charge in [0.2, 0.25) is 5.91 Å². The summed E-state index contributed by atoms with van der Waals surface area (Å²) in [7, 11) is 0. The van der Waals surface area contributed by atoms with Gasteiger partial charge in [-0.1, -0.05) is 6.42 Å². The van der Waals surface area contributed by atoms with Crippen molar-refractivity contribution < 1.29 is 7.65 Å². The van der Waals surface area contributed by atoms with E-state index < -0.39 is 0 Å². The van der Waals surface area contributed by atoms with Gasteiger partial charge in [-0.2, -0.15) is 0 Å². The van der Waals surface area contributed by atoms with Crippen LogP contribution in [0.1, 0.15) is 28.5 Å². The zero-order valence-corrected chi connectivity index (χ0v) is 9.19. The van der Waals surface area contributed by atoms with Crippen LogP contribution in [-0.4, -0.2) is 35.5 Å². The third-order valence-corrected chi connectivity index (χ3v) is 1.40. The number of amides is 1. The second kappa shape index (κ2) is 7.82. The van der Waals surface area contributed by atoms with Crippen LogP contribution >= 0.6 is 17.0 Å². The molecule has 0 unspecified atom stereocenters. The molecule has 2 nitrogen and oxygen atoms in total. The first kappa shape index (κ1) is 13.3. The third kappa shape index (κ3) is 5.50. The number of nitrogens with one attached hydrogen (secondary N) is 1. The maximum atomic E-state index is 10.6. The van der Waals surface area contributed by atoms with E-state index in [-0.39, 0.29) is 48.8 Å². The fourth-order valence-corrected chi connectivity index (χ4v) is 0.904. The minimum absolute atomic E-state index is 0. The molecule has 0 radical (unpaired) electrons. The van der Waals surface area contributed by atoms with Crippen LogP contribution in [0.2, 0.25) is 0 Å². The summed E-state index contributed by atoms with van der Waals surface area (Å²) in [6.45, 7) is 0.888. The quantitative estimate of drug-likeness (QED) is 0.609. The number of hydrogen-bond donors (Lipinski definition) is 1. The largest absolute Gasteiger partial charge is 2.00 e. The van der Waals surface area contributed by atoms with E-state index in [2.05, 4.69) is 5.32 Å². The van der Waals surface area contributed by atoms with E-state index in [0.29, 0.717) is 0 Å². The molecule has 0 aromatic heterocycles. The molecule has 10 heavy (non-hydrogen) atoms. The summed E-state index contributed by atoms with van der Waals surface area (Å²) in [4.78, 5) is 10.6. The molecular formula is C6H14BrMgNO. The van der Waals surface area contributed by atoms with Crippen LogP contribution in [0.3, 0.4) is 0 Å². The van der Waals surface area contributed by atoms with Crippen molar-refractivity contribution in [3.05, 3.63) is 0 Å². The fraction of sp³-hybridized carbons (Fsp3) is 0.833. The van der Waals surface area contributed by atoms with Gasteiger partial charge < -0.3 is 8.17 Å². The zero-order chi connectivity index (χ0) is 5.82. The molecule has 1 heterocycles. The molecule has 0 aromatic carbocycles. The molecule has 1 aliphatic rings. The molecule has 58 valence electrons. The SMILES string of the molecule is Br.O=C1CCCCCN1.[H-].[H-].[Mg+2]. The molecule has 1 amide bonds. The molecule has 1 fully saturated rings. The summed E-state index contributed by atoms with van der Waals surface area (Å²) in [6, 6.07) is 0. The normalized spacial score (nSPS) is 17.4. The van der Waals surface area contributed by atoms with E-state index in [0.717, 1.165) is 25.8 Å². The molecule has 0 spiro atoms. The minimum Gasteiger partial charge on any atom is -1.00 e. The van der Waals surface area contributed by atoms with E-state index in [4.69, 9.17) is 0 Å². The summed E-state index contributed by atoms with van der Waals surface area (Å²) in [6.07, 6.45) is 4.18. The Balaban J connectivity index is -0.0000000800. The monoisotopic (exact) mass is 219 g/mol. The second-order valence-corrected chi connectivity index (χ2v) is 2.16. The number of rotatable bonds is 0. The Labute approximate surface area is 91.0 Å². The Morgan fingerprint density at radius 1 is 1.30 bits per heavy atom. The van der Waals surface area contributed by atoms with Gasteiger partial charge in [-0.3, -0.25) is 4.79 Å². The maximum absolute atomic E-state index is 10.6. The molecule has 4 heteroatoms. The molecule has 0 atom stereocenters. The summed E-state index contributed by atoms with van der Waals surface area (Å²) < 4.78 is 0. The smallest absolute Gasteiger partial charge is 1.00 e. The van der Waals surface area contributed by atoms with Gasteiger partial charge in [0.05, 0.1) is 0 Å². The van der Waals surface area contributed by atoms with Crippen molar-refractivity contribution >= 4 is 45.9 Å². The number of carbonyl (C=O) groups excluding carboxylic acids is 1. The number of hydrogen-bond acceptors (Lipinski definition) is 1. The van der Waals surface area contributed by atoms with E-state index in [1.165, 1.54) is 6.42 Å². The predicted octanol–water partition coefficient (Wildman–Crippen LogP) is 1.10. The van der Waals surface area contributed by atoms with Gasteiger partial charge in [0.1, 0.15) is 0 Å². The van der Waals surface area contributed by atoms with Crippen LogP contribution in [0.5, 0.6) is 0 Å². The van der Waals surface area contributed by atoms with Crippen molar-refractivity contribution in [2.45, 2.75) is 25.7 Å². The average Bonchev–Trinajstić information content (AvgIpc) is 1.94. The first-order valence-electron chi connectivity index (χ1n) is 3.16. The van der Waals surface area contributed by atoms with Crippen LogP contribution < -0.4 is 5.32 Å². The van der Waals surface area contributed by atoms with Crippen molar-refractivity contribution in [1.29, 1.82) is 0 Å². The van der Waals surface area contributed by atoms with Crippen molar-refractivity contribution in [1.82, 2.24) is 5.32 Å². The molecule has 1 aliphatic heterocycles. The Kier molecular flexibility index (Phi) is 10.4. The number of halogens is 1. The Bertz CT molecular complexity index is 97.5. The van der Waals surface area contributed by atoms with Crippen LogP contribution in [0.15, 0.2) is 0 Å². The second-order valence-electron chi connectivity index (χ2n) is 2.16. The van der Waals surface area contributed by atoms with Gasteiger partial charge in [-0.05, 0) is 12.8 Å². The van der Waals surface area contributed by atoms with Gasteiger partial charge in [-0.25, -0.2) is 0 Å². The molecule has 0 saturated carbocycles. The van der Waals surface area contributed by atoms with Gasteiger partial charge in [0.15, 0.2) is 0 Å². The minimum atomic E-state index is 0. The van der Waals surface area contributed by atoms with Gasteiger partial charge in [-0.15, -0.1) is 17.0 Å². The van der Waals surface area contributed by atoms with Crippen LogP contribution in [0, 0.1) is 0 Å². The average molecular weight is 220 g/mol. The topological polar surface area (TPSA) is 29.1 Å². The summed E-state index contributed by atoms with van der Waals surface area (Å²) in [5.74, 6) is 0.225. The zero-order valence-electron chi connectivity index (χ0n) is 8.06. The first-order chi connectivity index (χ1) is 3.89. The Morgan fingerprint density at radius 2 is 2.00 bits per heavy atom. The van der Waals surface area contributed by atoms with Crippen molar-refractivity contribution in [2.75, 3.05) is 6.54 Å². The Hall–Kier alpha value is 0.716. The predicted molar refractivity (Wildman–Crippen MR) is 49.8 cm³/mol. The van der Waals surface area contributed by atoms with Gasteiger partial charge in [0, 0.05) is 13.0 Å². The molecule has 1 rings (SSSR count). The number of carbonyl (C=O) groups is 1. The Morgan fingerprint density at radius 3 is 2.70 bits per heavy atom. The fourth-order valence-electron chi connectivity index (χ4n) is 0.904. The van der Waals surface area contributed by atoms with Crippen LogP contribution in [0.4, 0.5) is 0 Å². The van der Waals surface area contributed by atoms with E-state index in [9.17, 15) is 4.79 Å². The van der Waals surface area contributed by atoms with Gasteiger partial charge in [0.25, 0.3) is 0 Å². The third-order valence-electron chi connectivity index (χ3n) is 1.40. The molecule has 1 N–H and O–H groups in total. The molecule has 1 saturated heterocycles. The van der Waals surface area contributed by atoms with Gasteiger partial charge >= 0.3 is 23.1 Å². The summed E-state index contributed by atoms with van der Waals surface area (Å²) >= 11 is 0. The molecule has 0 bridgehead atoms. The standard InChI is InChI=1S/C6H11NO.BrH.Mg.2H/c8-6-4-2-1-3-5-7-6;;;;/h1-5H2,(H,7,8);1H;;;/q;;+2;2*-1. The van der Waals surface area contributed by atoms with Crippen molar-refractivity contribution in [3.63, 3.8) is 0 Å². The molecular weight excluding hydrogens is 206 g/mol. The van der Waals surface area contributed by atoms with Crippen molar-refractivity contribution in [2.24, 2.45) is 0 Å². The summed E-state index contributed by atoms with van der Waals surface area (Å²) in [5.41, 5.74) is 0. The van der Waals surface area contributed by atoms with E-state index in [1.54, 1.807) is 0 Å². The van der Waals surface area contributed by atoms with Crippen LogP contribution in [0.25, 0.3) is 0 Å². The van der Waals surface area contributed by atoms with Crippen molar-refractivity contribution in [3.8, 4) is 0 Å². The summed E-state index contributed by atoms with van der Waals surface area (Å²) in [5, 5.41) is 2.81. The first-order valence-corrected chi connectivity index (χ1v) is 3.16. The van der Waals surface area contributed by atoms with E-state index >= 15 is 0 Å². The molecule has 0 aliphatic carbocycles.